The highest BCUT2D eigenvalue weighted by atomic mass is 17.3. The van der Waals surface area contributed by atoms with Crippen molar-refractivity contribution >= 4 is 5.69 Å². The van der Waals surface area contributed by atoms with Crippen molar-refractivity contribution in [3.63, 3.8) is 0 Å². The Balaban J connectivity index is 2.29. The van der Waals surface area contributed by atoms with Crippen LogP contribution in [0.5, 0.6) is 5.75 Å². The van der Waals surface area contributed by atoms with E-state index in [4.69, 9.17) is 10.6 Å². The van der Waals surface area contributed by atoms with Crippen LogP contribution in [0.1, 0.15) is 31.4 Å². The molecule has 0 amide bonds. The van der Waals surface area contributed by atoms with E-state index in [1.165, 1.54) is 0 Å². The number of hydrogen-bond acceptors (Lipinski definition) is 4. The Kier molecular flexibility index (Phi) is 2.56. The maximum absolute atomic E-state index is 6.03. The highest BCUT2D eigenvalue weighted by Crippen LogP contribution is 2.36. The fraction of sp³-hybridized carbons (Fsp3) is 0.400. The summed E-state index contributed by atoms with van der Waals surface area (Å²) in [5.74, 6) is 0.703. The minimum Gasteiger partial charge on any atom is -0.324 e. The predicted molar refractivity (Wildman–Crippen MR) is 53.6 cm³/mol. The van der Waals surface area contributed by atoms with Gasteiger partial charge in [-0.05, 0) is 18.1 Å². The van der Waals surface area contributed by atoms with Gasteiger partial charge in [-0.2, -0.15) is 0 Å². The lowest BCUT2D eigenvalue weighted by Crippen LogP contribution is -2.11. The van der Waals surface area contributed by atoms with Gasteiger partial charge in [-0.15, -0.1) is 0 Å². The van der Waals surface area contributed by atoms with Crippen LogP contribution in [0, 0.1) is 0 Å². The van der Waals surface area contributed by atoms with Crippen LogP contribution in [0.4, 0.5) is 5.69 Å². The topological polar surface area (TPSA) is 56.5 Å². The molecule has 3 N–H and O–H groups in total. The van der Waals surface area contributed by atoms with Gasteiger partial charge in [-0.25, -0.2) is 5.48 Å². The molecule has 0 spiro atoms. The molecule has 0 saturated carbocycles. The molecule has 1 unspecified atom stereocenters. The summed E-state index contributed by atoms with van der Waals surface area (Å²) >= 11 is 0. The number of anilines is 1. The van der Waals surface area contributed by atoms with E-state index in [1.54, 1.807) is 0 Å². The molecule has 1 aliphatic heterocycles. The molecule has 0 saturated heterocycles. The first-order valence-corrected chi connectivity index (χ1v) is 4.81. The van der Waals surface area contributed by atoms with Gasteiger partial charge >= 0.3 is 0 Å². The average Bonchev–Trinajstić information content (AvgIpc) is 2.65. The van der Waals surface area contributed by atoms with Crippen molar-refractivity contribution in [2.24, 2.45) is 5.73 Å². The molecule has 0 fully saturated rings. The Hall–Kier alpha value is -1.26. The second-order valence-electron chi connectivity index (χ2n) is 3.38. The Bertz CT molecular complexity index is 328. The van der Waals surface area contributed by atoms with Crippen molar-refractivity contribution in [1.29, 1.82) is 0 Å². The largest absolute Gasteiger partial charge is 0.324 e. The van der Waals surface area contributed by atoms with E-state index >= 15 is 0 Å². The third-order valence-corrected chi connectivity index (χ3v) is 2.33. The Morgan fingerprint density at radius 2 is 2.36 bits per heavy atom. The van der Waals surface area contributed by atoms with Crippen LogP contribution < -0.4 is 16.1 Å². The minimum atomic E-state index is 0.0350. The van der Waals surface area contributed by atoms with Gasteiger partial charge in [0.1, 0.15) is 5.69 Å². The summed E-state index contributed by atoms with van der Waals surface area (Å²) in [5.41, 5.74) is 10.6. The van der Waals surface area contributed by atoms with Crippen LogP contribution in [0.2, 0.25) is 0 Å². The molecule has 1 aromatic carbocycles. The lowest BCUT2D eigenvalue weighted by molar-refractivity contribution is -0.160. The summed E-state index contributed by atoms with van der Waals surface area (Å²) in [7, 11) is 0. The van der Waals surface area contributed by atoms with Gasteiger partial charge in [0.15, 0.2) is 5.75 Å². The number of nitrogens with two attached hydrogens (primary N) is 1. The van der Waals surface area contributed by atoms with Crippen LogP contribution in [-0.2, 0) is 4.99 Å². The number of fused-ring (bicyclic) bond motifs is 1. The standard InChI is InChI=1S/C10H14N2O2/c1-2-4-8(11)7-5-3-6-9-10(7)12-14-13-9/h3,5-6,8,12H,2,4,11H2,1H3. The molecule has 1 atom stereocenters. The molecule has 1 heterocycles. The van der Waals surface area contributed by atoms with Crippen LogP contribution in [0.3, 0.4) is 0 Å². The number of nitrogens with one attached hydrogen (secondary N) is 1. The third kappa shape index (κ3) is 1.54. The first kappa shape index (κ1) is 9.30. The fourth-order valence-electron chi connectivity index (χ4n) is 1.61. The number of para-hydroxylation sites is 1. The maximum Gasteiger partial charge on any atom is 0.193 e. The smallest absolute Gasteiger partial charge is 0.193 e. The molecule has 76 valence electrons. The summed E-state index contributed by atoms with van der Waals surface area (Å²) < 4.78 is 0. The van der Waals surface area contributed by atoms with Crippen LogP contribution in [0.15, 0.2) is 18.2 Å². The Morgan fingerprint density at radius 3 is 3.14 bits per heavy atom. The average molecular weight is 194 g/mol. The van der Waals surface area contributed by atoms with Crippen molar-refractivity contribution in [3.05, 3.63) is 23.8 Å². The number of hydrogen-bond donors (Lipinski definition) is 2. The lowest BCUT2D eigenvalue weighted by atomic mass is 10.0. The maximum atomic E-state index is 6.03. The molecule has 4 nitrogen and oxygen atoms in total. The summed E-state index contributed by atoms with van der Waals surface area (Å²) in [6.07, 6.45) is 2.02. The van der Waals surface area contributed by atoms with Gasteiger partial charge in [-0.1, -0.05) is 30.5 Å². The SMILES string of the molecule is CCCC(N)c1cccc2c1NOO2. The van der Waals surface area contributed by atoms with Crippen molar-refractivity contribution in [1.82, 2.24) is 0 Å². The molecule has 1 aliphatic rings. The quantitative estimate of drug-likeness (QED) is 0.724. The van der Waals surface area contributed by atoms with E-state index in [1.807, 2.05) is 18.2 Å². The molecular weight excluding hydrogens is 180 g/mol. The molecule has 2 rings (SSSR count). The normalized spacial score (nSPS) is 15.6. The summed E-state index contributed by atoms with van der Waals surface area (Å²) in [4.78, 5) is 9.58. The van der Waals surface area contributed by atoms with Crippen LogP contribution >= 0.6 is 0 Å². The molecule has 14 heavy (non-hydrogen) atoms. The molecule has 0 radical (unpaired) electrons. The summed E-state index contributed by atoms with van der Waals surface area (Å²) in [5, 5.41) is 0. The van der Waals surface area contributed by atoms with Crippen molar-refractivity contribution < 1.29 is 9.88 Å². The van der Waals surface area contributed by atoms with E-state index < -0.39 is 0 Å². The fourth-order valence-corrected chi connectivity index (χ4v) is 1.61. The van der Waals surface area contributed by atoms with Crippen LogP contribution in [0.25, 0.3) is 0 Å². The Morgan fingerprint density at radius 1 is 1.50 bits per heavy atom. The number of benzene rings is 1. The van der Waals surface area contributed by atoms with Gasteiger partial charge in [0.25, 0.3) is 0 Å². The first-order chi connectivity index (χ1) is 6.83. The van der Waals surface area contributed by atoms with Gasteiger partial charge in [0.05, 0.1) is 0 Å². The van der Waals surface area contributed by atoms with E-state index in [9.17, 15) is 0 Å². The van der Waals surface area contributed by atoms with E-state index in [0.29, 0.717) is 5.75 Å². The molecule has 0 aliphatic carbocycles. The second kappa shape index (κ2) is 3.86. The zero-order chi connectivity index (χ0) is 9.97. The van der Waals surface area contributed by atoms with Gasteiger partial charge in [-0.3, -0.25) is 0 Å². The zero-order valence-electron chi connectivity index (χ0n) is 8.12. The lowest BCUT2D eigenvalue weighted by Gasteiger charge is -2.12. The van der Waals surface area contributed by atoms with Gasteiger partial charge in [0, 0.05) is 6.04 Å². The van der Waals surface area contributed by atoms with Gasteiger partial charge < -0.3 is 10.6 Å². The monoisotopic (exact) mass is 194 g/mol. The summed E-state index contributed by atoms with van der Waals surface area (Å²) in [6.45, 7) is 2.11. The number of rotatable bonds is 3. The van der Waals surface area contributed by atoms with E-state index in [2.05, 4.69) is 17.4 Å². The predicted octanol–water partition coefficient (Wildman–Crippen LogP) is 2.14. The van der Waals surface area contributed by atoms with Crippen molar-refractivity contribution in [2.75, 3.05) is 5.48 Å². The second-order valence-corrected chi connectivity index (χ2v) is 3.38. The van der Waals surface area contributed by atoms with Crippen molar-refractivity contribution in [2.45, 2.75) is 25.8 Å². The van der Waals surface area contributed by atoms with E-state index in [0.717, 1.165) is 24.1 Å². The third-order valence-electron chi connectivity index (χ3n) is 2.33. The molecule has 4 heteroatoms. The molecule has 0 aromatic heterocycles. The minimum absolute atomic E-state index is 0.0350. The van der Waals surface area contributed by atoms with Crippen molar-refractivity contribution in [3.8, 4) is 5.75 Å². The van der Waals surface area contributed by atoms with Gasteiger partial charge in [0.2, 0.25) is 0 Å². The molecule has 1 aromatic rings. The molecular formula is C10H14N2O2. The Labute approximate surface area is 82.9 Å². The first-order valence-electron chi connectivity index (χ1n) is 4.81. The van der Waals surface area contributed by atoms with Crippen LogP contribution in [-0.4, -0.2) is 0 Å². The highest BCUT2D eigenvalue weighted by molar-refractivity contribution is 5.63. The highest BCUT2D eigenvalue weighted by Gasteiger charge is 2.20. The molecule has 0 bridgehead atoms. The zero-order valence-corrected chi connectivity index (χ0v) is 8.12. The summed E-state index contributed by atoms with van der Waals surface area (Å²) in [6, 6.07) is 5.79. The van der Waals surface area contributed by atoms with E-state index in [-0.39, 0.29) is 6.04 Å².